The van der Waals surface area contributed by atoms with Gasteiger partial charge in [-0.1, -0.05) is 18.2 Å². The fraction of sp³-hybridized carbons (Fsp3) is 0.316. The molecule has 4 heteroatoms. The van der Waals surface area contributed by atoms with Crippen LogP contribution in [0.1, 0.15) is 24.0 Å². The molecule has 0 aliphatic carbocycles. The van der Waals surface area contributed by atoms with Gasteiger partial charge in [0.15, 0.2) is 0 Å². The number of carbonyl (C=O) groups is 1. The minimum atomic E-state index is 0.233. The zero-order valence-corrected chi connectivity index (χ0v) is 13.1. The number of nitrogens with one attached hydrogen (secondary N) is 2. The van der Waals surface area contributed by atoms with Gasteiger partial charge in [0.25, 0.3) is 0 Å². The number of nitrogens with zero attached hydrogens (tertiary/aromatic N) is 1. The highest BCUT2D eigenvalue weighted by molar-refractivity contribution is 5.95. The van der Waals surface area contributed by atoms with Crippen molar-refractivity contribution in [3.8, 4) is 0 Å². The SMILES string of the molecule is O=C1CCCN1c1ccc(NCc2cccc3c2NCC3)cc1. The van der Waals surface area contributed by atoms with E-state index in [4.69, 9.17) is 0 Å². The fourth-order valence-electron chi connectivity index (χ4n) is 3.44. The van der Waals surface area contributed by atoms with Crippen molar-refractivity contribution in [2.45, 2.75) is 25.8 Å². The summed E-state index contributed by atoms with van der Waals surface area (Å²) in [5, 5.41) is 6.95. The number of hydrogen-bond acceptors (Lipinski definition) is 3. The summed E-state index contributed by atoms with van der Waals surface area (Å²) in [7, 11) is 0. The minimum Gasteiger partial charge on any atom is -0.384 e. The van der Waals surface area contributed by atoms with Gasteiger partial charge in [0, 0.05) is 43.1 Å². The molecule has 2 N–H and O–H groups in total. The molecule has 0 saturated carbocycles. The summed E-state index contributed by atoms with van der Waals surface area (Å²) >= 11 is 0. The van der Waals surface area contributed by atoms with Crippen molar-refractivity contribution in [3.05, 3.63) is 53.6 Å². The molecule has 0 spiro atoms. The lowest BCUT2D eigenvalue weighted by Crippen LogP contribution is -2.23. The number of benzene rings is 2. The van der Waals surface area contributed by atoms with E-state index < -0.39 is 0 Å². The van der Waals surface area contributed by atoms with E-state index in [1.807, 2.05) is 17.0 Å². The summed E-state index contributed by atoms with van der Waals surface area (Å²) < 4.78 is 0. The van der Waals surface area contributed by atoms with Crippen molar-refractivity contribution in [2.24, 2.45) is 0 Å². The van der Waals surface area contributed by atoms with Gasteiger partial charge in [-0.15, -0.1) is 0 Å². The van der Waals surface area contributed by atoms with Gasteiger partial charge < -0.3 is 15.5 Å². The van der Waals surface area contributed by atoms with Crippen LogP contribution < -0.4 is 15.5 Å². The standard InChI is InChI=1S/C19H21N3O/c23-18-5-2-12-22(18)17-8-6-16(7-9-17)21-13-15-4-1-3-14-10-11-20-19(14)15/h1,3-4,6-9,20-21H,2,5,10-13H2. The van der Waals surface area contributed by atoms with E-state index in [9.17, 15) is 4.79 Å². The van der Waals surface area contributed by atoms with Crippen molar-refractivity contribution in [1.82, 2.24) is 0 Å². The molecule has 2 aliphatic rings. The normalized spacial score (nSPS) is 16.3. The van der Waals surface area contributed by atoms with Gasteiger partial charge in [0.1, 0.15) is 0 Å². The molecule has 2 aromatic rings. The van der Waals surface area contributed by atoms with Crippen LogP contribution in [0.15, 0.2) is 42.5 Å². The quantitative estimate of drug-likeness (QED) is 0.910. The van der Waals surface area contributed by atoms with E-state index in [-0.39, 0.29) is 5.91 Å². The third kappa shape index (κ3) is 2.77. The molecular formula is C19H21N3O. The van der Waals surface area contributed by atoms with Crippen LogP contribution in [-0.4, -0.2) is 19.0 Å². The van der Waals surface area contributed by atoms with E-state index in [0.29, 0.717) is 6.42 Å². The summed E-state index contributed by atoms with van der Waals surface area (Å²) in [6, 6.07) is 14.7. The van der Waals surface area contributed by atoms with Crippen LogP contribution in [0.3, 0.4) is 0 Å². The maximum absolute atomic E-state index is 11.8. The highest BCUT2D eigenvalue weighted by atomic mass is 16.2. The molecule has 0 atom stereocenters. The van der Waals surface area contributed by atoms with Crippen LogP contribution in [0.5, 0.6) is 0 Å². The predicted octanol–water partition coefficient (Wildman–Crippen LogP) is 3.39. The van der Waals surface area contributed by atoms with Gasteiger partial charge in [-0.2, -0.15) is 0 Å². The molecule has 2 aliphatic heterocycles. The van der Waals surface area contributed by atoms with Gasteiger partial charge in [-0.05, 0) is 48.2 Å². The van der Waals surface area contributed by atoms with Crippen molar-refractivity contribution >= 4 is 23.0 Å². The Morgan fingerprint density at radius 3 is 2.74 bits per heavy atom. The topological polar surface area (TPSA) is 44.4 Å². The van der Waals surface area contributed by atoms with E-state index >= 15 is 0 Å². The third-order valence-electron chi connectivity index (χ3n) is 4.67. The Balaban J connectivity index is 1.44. The smallest absolute Gasteiger partial charge is 0.227 e. The average Bonchev–Trinajstić information content (AvgIpc) is 3.22. The van der Waals surface area contributed by atoms with E-state index in [0.717, 1.165) is 43.9 Å². The van der Waals surface area contributed by atoms with Crippen LogP contribution in [0.2, 0.25) is 0 Å². The van der Waals surface area contributed by atoms with Crippen LogP contribution in [0.25, 0.3) is 0 Å². The second-order valence-corrected chi connectivity index (χ2v) is 6.18. The Bertz CT molecular complexity index is 724. The molecule has 0 bridgehead atoms. The monoisotopic (exact) mass is 307 g/mol. The Morgan fingerprint density at radius 2 is 1.96 bits per heavy atom. The van der Waals surface area contributed by atoms with Crippen molar-refractivity contribution in [1.29, 1.82) is 0 Å². The molecule has 118 valence electrons. The zero-order chi connectivity index (χ0) is 15.6. The molecule has 4 rings (SSSR count). The summed E-state index contributed by atoms with van der Waals surface area (Å²) in [6.07, 6.45) is 2.75. The molecule has 1 amide bonds. The molecule has 0 unspecified atom stereocenters. The predicted molar refractivity (Wildman–Crippen MR) is 94.0 cm³/mol. The maximum Gasteiger partial charge on any atom is 0.227 e. The summed E-state index contributed by atoms with van der Waals surface area (Å²) in [4.78, 5) is 13.7. The van der Waals surface area contributed by atoms with Gasteiger partial charge in [0.05, 0.1) is 0 Å². The van der Waals surface area contributed by atoms with Gasteiger partial charge in [-0.25, -0.2) is 0 Å². The first-order chi connectivity index (χ1) is 11.3. The lowest BCUT2D eigenvalue weighted by Gasteiger charge is -2.16. The first-order valence-electron chi connectivity index (χ1n) is 8.30. The summed E-state index contributed by atoms with van der Waals surface area (Å²) in [5.74, 6) is 0.233. The highest BCUT2D eigenvalue weighted by Crippen LogP contribution is 2.27. The van der Waals surface area contributed by atoms with Crippen molar-refractivity contribution < 1.29 is 4.79 Å². The van der Waals surface area contributed by atoms with Crippen LogP contribution in [0.4, 0.5) is 17.1 Å². The molecular weight excluding hydrogens is 286 g/mol. The molecule has 1 fully saturated rings. The average molecular weight is 307 g/mol. The second kappa shape index (κ2) is 5.95. The molecule has 0 radical (unpaired) electrons. The number of hydrogen-bond donors (Lipinski definition) is 2. The third-order valence-corrected chi connectivity index (χ3v) is 4.67. The molecule has 1 saturated heterocycles. The fourth-order valence-corrected chi connectivity index (χ4v) is 3.44. The number of fused-ring (bicyclic) bond motifs is 1. The molecule has 4 nitrogen and oxygen atoms in total. The molecule has 2 aromatic carbocycles. The zero-order valence-electron chi connectivity index (χ0n) is 13.1. The summed E-state index contributed by atoms with van der Waals surface area (Å²) in [6.45, 7) is 2.68. The van der Waals surface area contributed by atoms with Gasteiger partial charge >= 0.3 is 0 Å². The second-order valence-electron chi connectivity index (χ2n) is 6.18. The Hall–Kier alpha value is -2.49. The van der Waals surface area contributed by atoms with Crippen LogP contribution in [0, 0.1) is 0 Å². The minimum absolute atomic E-state index is 0.233. The summed E-state index contributed by atoms with van der Waals surface area (Å²) in [5.41, 5.74) is 6.08. The number of para-hydroxylation sites is 1. The molecule has 2 heterocycles. The number of anilines is 3. The van der Waals surface area contributed by atoms with Gasteiger partial charge in [0.2, 0.25) is 5.91 Å². The maximum atomic E-state index is 11.8. The number of rotatable bonds is 4. The first-order valence-corrected chi connectivity index (χ1v) is 8.30. The van der Waals surface area contributed by atoms with E-state index in [1.165, 1.54) is 16.8 Å². The van der Waals surface area contributed by atoms with Crippen LogP contribution >= 0.6 is 0 Å². The lowest BCUT2D eigenvalue weighted by atomic mass is 10.1. The number of amides is 1. The Labute approximate surface area is 136 Å². The van der Waals surface area contributed by atoms with Crippen molar-refractivity contribution in [2.75, 3.05) is 28.6 Å². The highest BCUT2D eigenvalue weighted by Gasteiger charge is 2.21. The Morgan fingerprint density at radius 1 is 1.09 bits per heavy atom. The van der Waals surface area contributed by atoms with E-state index in [2.05, 4.69) is 41.0 Å². The molecule has 23 heavy (non-hydrogen) atoms. The Kier molecular flexibility index (Phi) is 3.66. The van der Waals surface area contributed by atoms with Crippen molar-refractivity contribution in [3.63, 3.8) is 0 Å². The van der Waals surface area contributed by atoms with E-state index in [1.54, 1.807) is 0 Å². The largest absolute Gasteiger partial charge is 0.384 e. The number of carbonyl (C=O) groups excluding carboxylic acids is 1. The molecule has 0 aromatic heterocycles. The first kappa shape index (κ1) is 14.1. The van der Waals surface area contributed by atoms with Crippen LogP contribution in [-0.2, 0) is 17.8 Å². The van der Waals surface area contributed by atoms with Gasteiger partial charge in [-0.3, -0.25) is 4.79 Å². The lowest BCUT2D eigenvalue weighted by molar-refractivity contribution is -0.117.